The minimum Gasteiger partial charge on any atom is -0.310 e. The number of hydrogen-bond acceptors (Lipinski definition) is 1. The summed E-state index contributed by atoms with van der Waals surface area (Å²) in [6.07, 6.45) is 4.77. The van der Waals surface area contributed by atoms with Gasteiger partial charge in [0.15, 0.2) is 0 Å². The summed E-state index contributed by atoms with van der Waals surface area (Å²) in [6.45, 7) is 0. The third-order valence-corrected chi connectivity index (χ3v) is 10.5. The van der Waals surface area contributed by atoms with Crippen LogP contribution in [0.15, 0.2) is 176 Å². The van der Waals surface area contributed by atoms with Crippen LogP contribution in [0.5, 0.6) is 0 Å². The zero-order chi connectivity index (χ0) is 31.9. The lowest BCUT2D eigenvalue weighted by molar-refractivity contribution is 0.687. The summed E-state index contributed by atoms with van der Waals surface area (Å²) >= 11 is 0. The van der Waals surface area contributed by atoms with E-state index in [1.807, 2.05) is 0 Å². The quantitative estimate of drug-likeness (QED) is 0.180. The van der Waals surface area contributed by atoms with Gasteiger partial charge in [0.05, 0.1) is 11.1 Å². The molecule has 0 saturated heterocycles. The topological polar surface area (TPSA) is 3.24 Å². The molecular formula is C47H37N. The van der Waals surface area contributed by atoms with Crippen molar-refractivity contribution in [2.45, 2.75) is 31.1 Å². The summed E-state index contributed by atoms with van der Waals surface area (Å²) in [6, 6.07) is 65.2. The fraction of sp³-hybridized carbons (Fsp3) is 0.106. The molecule has 2 aliphatic rings. The molecule has 1 heteroatoms. The summed E-state index contributed by atoms with van der Waals surface area (Å²) in [4.78, 5) is 2.47. The molecule has 0 unspecified atom stereocenters. The predicted octanol–water partition coefficient (Wildman–Crippen LogP) is 12.1. The van der Waals surface area contributed by atoms with E-state index in [-0.39, 0.29) is 0 Å². The van der Waals surface area contributed by atoms with Crippen LogP contribution in [0.3, 0.4) is 0 Å². The monoisotopic (exact) mass is 615 g/mol. The van der Waals surface area contributed by atoms with Gasteiger partial charge in [0.1, 0.15) is 0 Å². The van der Waals surface area contributed by atoms with Gasteiger partial charge >= 0.3 is 0 Å². The number of hydrogen-bond donors (Lipinski definition) is 0. The third kappa shape index (κ3) is 4.46. The van der Waals surface area contributed by atoms with Gasteiger partial charge in [-0.2, -0.15) is 0 Å². The van der Waals surface area contributed by atoms with Gasteiger partial charge in [0, 0.05) is 16.9 Å². The Labute approximate surface area is 283 Å². The second kappa shape index (κ2) is 11.9. The summed E-state index contributed by atoms with van der Waals surface area (Å²) < 4.78 is 0. The van der Waals surface area contributed by atoms with Crippen LogP contribution >= 0.6 is 0 Å². The Bertz CT molecular complexity index is 2140. The van der Waals surface area contributed by atoms with Crippen LogP contribution < -0.4 is 4.90 Å². The standard InChI is InChI=1S/C47H37N/c1-5-20-35(21-6-1)47(36-22-7-2-8-23-36)44-31-16-15-29-41(44)42-32-43(40-30-17-19-34-18-13-14-28-39(34)40)46(33-45(42)47)48(37-24-9-3-10-25-37)38-26-11-4-12-27-38/h1-12,15-17,19-27,29-33H,13-14,18,28H2. The average Bonchev–Trinajstić information content (AvgIpc) is 3.46. The van der Waals surface area contributed by atoms with Crippen LogP contribution in [0.25, 0.3) is 22.3 Å². The van der Waals surface area contributed by atoms with Gasteiger partial charge in [0.2, 0.25) is 0 Å². The zero-order valence-corrected chi connectivity index (χ0v) is 27.0. The first-order chi connectivity index (χ1) is 23.8. The molecule has 0 spiro atoms. The molecule has 0 aliphatic heterocycles. The molecule has 0 heterocycles. The highest BCUT2D eigenvalue weighted by Gasteiger charge is 2.46. The Morgan fingerprint density at radius 1 is 0.396 bits per heavy atom. The maximum atomic E-state index is 2.53. The highest BCUT2D eigenvalue weighted by molar-refractivity contribution is 5.97. The maximum Gasteiger partial charge on any atom is 0.0714 e. The van der Waals surface area contributed by atoms with Crippen molar-refractivity contribution in [2.24, 2.45) is 0 Å². The minimum atomic E-state index is -0.475. The number of aryl methyl sites for hydroxylation is 1. The van der Waals surface area contributed by atoms with Crippen LogP contribution in [0.1, 0.15) is 46.2 Å². The second-order valence-electron chi connectivity index (χ2n) is 13.1. The molecule has 7 aromatic carbocycles. The molecule has 48 heavy (non-hydrogen) atoms. The van der Waals surface area contributed by atoms with E-state index >= 15 is 0 Å². The van der Waals surface area contributed by atoms with Crippen molar-refractivity contribution in [2.75, 3.05) is 4.90 Å². The lowest BCUT2D eigenvalue weighted by Crippen LogP contribution is -2.28. The summed E-state index contributed by atoms with van der Waals surface area (Å²) in [5.41, 5.74) is 16.5. The second-order valence-corrected chi connectivity index (χ2v) is 13.1. The minimum absolute atomic E-state index is 0.475. The van der Waals surface area contributed by atoms with Crippen molar-refractivity contribution >= 4 is 17.1 Å². The van der Waals surface area contributed by atoms with E-state index in [1.165, 1.54) is 74.2 Å². The van der Waals surface area contributed by atoms with E-state index < -0.39 is 5.41 Å². The summed E-state index contributed by atoms with van der Waals surface area (Å²) in [5, 5.41) is 0. The Hall–Kier alpha value is -5.66. The van der Waals surface area contributed by atoms with Gasteiger partial charge in [-0.3, -0.25) is 0 Å². The first-order valence-electron chi connectivity index (χ1n) is 17.2. The molecule has 2 aliphatic carbocycles. The first-order valence-corrected chi connectivity index (χ1v) is 17.2. The molecule has 230 valence electrons. The van der Waals surface area contributed by atoms with Crippen LogP contribution in [-0.2, 0) is 18.3 Å². The summed E-state index contributed by atoms with van der Waals surface area (Å²) in [7, 11) is 0. The van der Waals surface area contributed by atoms with Gasteiger partial charge in [0.25, 0.3) is 0 Å². The molecule has 0 fully saturated rings. The molecular weight excluding hydrogens is 579 g/mol. The van der Waals surface area contributed by atoms with Crippen molar-refractivity contribution < 1.29 is 0 Å². The van der Waals surface area contributed by atoms with Crippen LogP contribution in [0, 0.1) is 0 Å². The Kier molecular flexibility index (Phi) is 7.05. The molecule has 0 saturated carbocycles. The number of rotatable bonds is 6. The highest BCUT2D eigenvalue weighted by atomic mass is 15.1. The number of para-hydroxylation sites is 2. The van der Waals surface area contributed by atoms with Gasteiger partial charge < -0.3 is 4.90 Å². The summed E-state index contributed by atoms with van der Waals surface area (Å²) in [5.74, 6) is 0. The molecule has 0 aromatic heterocycles. The predicted molar refractivity (Wildman–Crippen MR) is 201 cm³/mol. The molecule has 0 radical (unpaired) electrons. The number of benzene rings is 7. The zero-order valence-electron chi connectivity index (χ0n) is 27.0. The molecule has 0 bridgehead atoms. The van der Waals surface area contributed by atoms with E-state index in [0.29, 0.717) is 0 Å². The van der Waals surface area contributed by atoms with Crippen molar-refractivity contribution in [1.82, 2.24) is 0 Å². The molecule has 0 N–H and O–H groups in total. The lowest BCUT2D eigenvalue weighted by Gasteiger charge is -2.35. The molecule has 7 aromatic rings. The van der Waals surface area contributed by atoms with Crippen molar-refractivity contribution in [3.63, 3.8) is 0 Å². The smallest absolute Gasteiger partial charge is 0.0714 e. The Morgan fingerprint density at radius 2 is 0.938 bits per heavy atom. The van der Waals surface area contributed by atoms with Gasteiger partial charge in [-0.15, -0.1) is 0 Å². The molecule has 9 rings (SSSR count). The van der Waals surface area contributed by atoms with E-state index in [2.05, 4.69) is 181 Å². The fourth-order valence-electron chi connectivity index (χ4n) is 8.49. The van der Waals surface area contributed by atoms with Gasteiger partial charge in [-0.25, -0.2) is 0 Å². The van der Waals surface area contributed by atoms with E-state index in [0.717, 1.165) is 24.2 Å². The van der Waals surface area contributed by atoms with Crippen molar-refractivity contribution in [3.05, 3.63) is 209 Å². The number of anilines is 3. The molecule has 1 nitrogen and oxygen atoms in total. The van der Waals surface area contributed by atoms with Gasteiger partial charge in [-0.1, -0.05) is 140 Å². The Morgan fingerprint density at radius 3 is 1.58 bits per heavy atom. The maximum absolute atomic E-state index is 2.53. The van der Waals surface area contributed by atoms with Gasteiger partial charge in [-0.05, 0) is 112 Å². The fourth-order valence-corrected chi connectivity index (χ4v) is 8.49. The number of fused-ring (bicyclic) bond motifs is 4. The van der Waals surface area contributed by atoms with Crippen LogP contribution in [0.4, 0.5) is 17.1 Å². The van der Waals surface area contributed by atoms with E-state index in [9.17, 15) is 0 Å². The largest absolute Gasteiger partial charge is 0.310 e. The highest BCUT2D eigenvalue weighted by Crippen LogP contribution is 2.59. The SMILES string of the molecule is c1ccc(N(c2ccccc2)c2cc3c(cc2-c2cccc4c2CCCC4)-c2ccccc2C3(c2ccccc2)c2ccccc2)cc1. The van der Waals surface area contributed by atoms with Crippen LogP contribution in [-0.4, -0.2) is 0 Å². The van der Waals surface area contributed by atoms with E-state index in [1.54, 1.807) is 0 Å². The molecule has 0 atom stereocenters. The van der Waals surface area contributed by atoms with E-state index in [4.69, 9.17) is 0 Å². The third-order valence-electron chi connectivity index (χ3n) is 10.5. The Balaban J connectivity index is 1.44. The lowest BCUT2D eigenvalue weighted by atomic mass is 9.67. The molecule has 0 amide bonds. The van der Waals surface area contributed by atoms with Crippen molar-refractivity contribution in [3.8, 4) is 22.3 Å². The average molecular weight is 616 g/mol. The van der Waals surface area contributed by atoms with Crippen LogP contribution in [0.2, 0.25) is 0 Å². The van der Waals surface area contributed by atoms with Crippen molar-refractivity contribution in [1.29, 1.82) is 0 Å². The normalized spacial score (nSPS) is 14.1. The first kappa shape index (κ1) is 28.6. The number of nitrogens with zero attached hydrogens (tertiary/aromatic N) is 1.